The summed E-state index contributed by atoms with van der Waals surface area (Å²) < 4.78 is 2.71. The molecule has 0 amide bonds. The van der Waals surface area contributed by atoms with Crippen LogP contribution in [0.3, 0.4) is 0 Å². The smallest absolute Gasteiger partial charge is 0.0440 e. The minimum absolute atomic E-state index is 1.23. The Hall–Kier alpha value is -7.32. The zero-order valence-electron chi connectivity index (χ0n) is 32.0. The highest BCUT2D eigenvalue weighted by atomic mass is 32.1. The molecule has 13 aromatic rings. The van der Waals surface area contributed by atoms with Gasteiger partial charge in [0.05, 0.1) is 0 Å². The van der Waals surface area contributed by atoms with Crippen LogP contribution in [-0.4, -0.2) is 0 Å². The van der Waals surface area contributed by atoms with E-state index in [0.717, 1.165) is 0 Å². The lowest BCUT2D eigenvalue weighted by atomic mass is 9.84. The van der Waals surface area contributed by atoms with Gasteiger partial charge in [-0.15, -0.1) is 11.3 Å². The number of hydrogen-bond donors (Lipinski definition) is 0. The van der Waals surface area contributed by atoms with Crippen molar-refractivity contribution >= 4 is 107 Å². The van der Waals surface area contributed by atoms with E-state index < -0.39 is 0 Å². The first-order valence-electron chi connectivity index (χ1n) is 20.4. The maximum atomic E-state index is 2.42. The van der Waals surface area contributed by atoms with Gasteiger partial charge in [-0.25, -0.2) is 0 Å². The van der Waals surface area contributed by atoms with Gasteiger partial charge in [0.2, 0.25) is 0 Å². The third kappa shape index (κ3) is 4.89. The van der Waals surface area contributed by atoms with Crippen molar-refractivity contribution in [1.29, 1.82) is 0 Å². The molecule has 1 heteroatoms. The van der Waals surface area contributed by atoms with E-state index in [1.54, 1.807) is 0 Å². The van der Waals surface area contributed by atoms with Crippen molar-refractivity contribution in [3.8, 4) is 33.4 Å². The second-order valence-corrected chi connectivity index (χ2v) is 17.0. The third-order valence-electron chi connectivity index (χ3n) is 12.8. The number of fused-ring (bicyclic) bond motifs is 13. The number of rotatable bonds is 3. The lowest BCUT2D eigenvalue weighted by molar-refractivity contribution is 1.67. The number of hydrogen-bond acceptors (Lipinski definition) is 1. The second-order valence-electron chi connectivity index (χ2n) is 16.0. The Bertz CT molecular complexity index is 3840. The summed E-state index contributed by atoms with van der Waals surface area (Å²) in [4.78, 5) is 0. The molecular formula is C58H34S. The summed E-state index contributed by atoms with van der Waals surface area (Å²) in [6.45, 7) is 0. The van der Waals surface area contributed by atoms with E-state index in [1.807, 2.05) is 11.3 Å². The van der Waals surface area contributed by atoms with Gasteiger partial charge in [-0.05, 0) is 134 Å². The van der Waals surface area contributed by atoms with Crippen molar-refractivity contribution in [1.82, 2.24) is 0 Å². The molecule has 0 aliphatic rings. The van der Waals surface area contributed by atoms with E-state index >= 15 is 0 Å². The zero-order valence-corrected chi connectivity index (χ0v) is 32.9. The Morgan fingerprint density at radius 2 is 0.763 bits per heavy atom. The van der Waals surface area contributed by atoms with Crippen molar-refractivity contribution in [2.75, 3.05) is 0 Å². The summed E-state index contributed by atoms with van der Waals surface area (Å²) in [5, 5.41) is 20.7. The molecule has 0 radical (unpaired) electrons. The Kier molecular flexibility index (Phi) is 6.98. The fraction of sp³-hybridized carbons (Fsp3) is 0. The predicted molar refractivity (Wildman–Crippen MR) is 258 cm³/mol. The lowest BCUT2D eigenvalue weighted by Crippen LogP contribution is -1.91. The van der Waals surface area contributed by atoms with Crippen LogP contribution in [0.4, 0.5) is 0 Å². The molecule has 0 saturated carbocycles. The van der Waals surface area contributed by atoms with Crippen molar-refractivity contribution in [3.05, 3.63) is 206 Å². The zero-order chi connectivity index (χ0) is 38.6. The minimum Gasteiger partial charge on any atom is -0.134 e. The predicted octanol–water partition coefficient (Wildman–Crippen LogP) is 17.1. The average molecular weight is 763 g/mol. The van der Waals surface area contributed by atoms with Crippen molar-refractivity contribution in [2.24, 2.45) is 0 Å². The summed E-state index contributed by atoms with van der Waals surface area (Å²) >= 11 is 1.92. The molecule has 13 rings (SSSR count). The van der Waals surface area contributed by atoms with E-state index in [9.17, 15) is 0 Å². The molecule has 0 nitrogen and oxygen atoms in total. The second kappa shape index (κ2) is 12.6. The molecule has 0 bridgehead atoms. The first-order chi connectivity index (χ1) is 29.2. The Balaban J connectivity index is 0.964. The van der Waals surface area contributed by atoms with Gasteiger partial charge in [0, 0.05) is 25.6 Å². The summed E-state index contributed by atoms with van der Waals surface area (Å²) in [6, 6.07) is 77.0. The van der Waals surface area contributed by atoms with E-state index in [0.29, 0.717) is 0 Å². The van der Waals surface area contributed by atoms with Crippen LogP contribution in [0.1, 0.15) is 0 Å². The monoisotopic (exact) mass is 762 g/mol. The topological polar surface area (TPSA) is 0 Å². The van der Waals surface area contributed by atoms with Crippen LogP contribution in [0.5, 0.6) is 0 Å². The van der Waals surface area contributed by atoms with E-state index in [2.05, 4.69) is 206 Å². The molecule has 59 heavy (non-hydrogen) atoms. The van der Waals surface area contributed by atoms with Crippen LogP contribution in [-0.2, 0) is 0 Å². The molecule has 1 heterocycles. The fourth-order valence-corrected chi connectivity index (χ4v) is 11.4. The lowest BCUT2D eigenvalue weighted by Gasteiger charge is -2.19. The van der Waals surface area contributed by atoms with Gasteiger partial charge >= 0.3 is 0 Å². The molecule has 0 fully saturated rings. The van der Waals surface area contributed by atoms with Crippen LogP contribution in [0.15, 0.2) is 206 Å². The highest BCUT2D eigenvalue weighted by Gasteiger charge is 2.19. The first-order valence-corrected chi connectivity index (χ1v) is 21.2. The fourth-order valence-electron chi connectivity index (χ4n) is 10.1. The standard InChI is InChI=1S/C58H34S/c1-2-14-37-34-54-53(33-36(37)13-1)57-46-18-6-5-17-44(46)52-32-41(28-29-51(52)58(57)59-54)39-24-25-40-31-42(27-26-38(40)30-39)55-47-19-7-9-21-49(47)56(50-22-10-8-20-48(50)55)45-23-11-15-35-12-3-4-16-43(35)45/h1-34H. The van der Waals surface area contributed by atoms with Crippen LogP contribution in [0, 0.1) is 0 Å². The largest absolute Gasteiger partial charge is 0.134 e. The van der Waals surface area contributed by atoms with Gasteiger partial charge in [0.1, 0.15) is 0 Å². The number of thiophene rings is 1. The Labute approximate surface area is 344 Å². The van der Waals surface area contributed by atoms with Gasteiger partial charge in [-0.3, -0.25) is 0 Å². The van der Waals surface area contributed by atoms with Gasteiger partial charge in [-0.1, -0.05) is 176 Å². The average Bonchev–Trinajstić information content (AvgIpc) is 3.68. The Morgan fingerprint density at radius 1 is 0.254 bits per heavy atom. The molecular weight excluding hydrogens is 729 g/mol. The minimum atomic E-state index is 1.23. The van der Waals surface area contributed by atoms with Gasteiger partial charge in [0.15, 0.2) is 0 Å². The summed E-state index contributed by atoms with van der Waals surface area (Å²) in [5.41, 5.74) is 7.56. The summed E-state index contributed by atoms with van der Waals surface area (Å²) in [6.07, 6.45) is 0. The van der Waals surface area contributed by atoms with Crippen LogP contribution >= 0.6 is 11.3 Å². The molecule has 0 N–H and O–H groups in total. The van der Waals surface area contributed by atoms with E-state index in [-0.39, 0.29) is 0 Å². The maximum absolute atomic E-state index is 2.42. The highest BCUT2D eigenvalue weighted by molar-refractivity contribution is 7.27. The van der Waals surface area contributed by atoms with Crippen molar-refractivity contribution < 1.29 is 0 Å². The molecule has 0 atom stereocenters. The first kappa shape index (κ1) is 32.7. The van der Waals surface area contributed by atoms with Crippen molar-refractivity contribution in [2.45, 2.75) is 0 Å². The van der Waals surface area contributed by atoms with Crippen LogP contribution in [0.25, 0.3) is 129 Å². The van der Waals surface area contributed by atoms with Crippen molar-refractivity contribution in [3.63, 3.8) is 0 Å². The molecule has 0 aliphatic carbocycles. The van der Waals surface area contributed by atoms with Crippen LogP contribution < -0.4 is 0 Å². The van der Waals surface area contributed by atoms with E-state index in [1.165, 1.54) is 129 Å². The third-order valence-corrected chi connectivity index (χ3v) is 13.9. The van der Waals surface area contributed by atoms with Gasteiger partial charge in [-0.2, -0.15) is 0 Å². The summed E-state index contributed by atoms with van der Waals surface area (Å²) in [5.74, 6) is 0. The molecule has 0 aliphatic heterocycles. The molecule has 0 unspecified atom stereocenters. The van der Waals surface area contributed by atoms with Gasteiger partial charge < -0.3 is 0 Å². The molecule has 272 valence electrons. The summed E-state index contributed by atoms with van der Waals surface area (Å²) in [7, 11) is 0. The molecule has 0 spiro atoms. The Morgan fingerprint density at radius 3 is 1.49 bits per heavy atom. The normalized spacial score (nSPS) is 12.1. The molecule has 0 saturated heterocycles. The molecule has 12 aromatic carbocycles. The van der Waals surface area contributed by atoms with Gasteiger partial charge in [0.25, 0.3) is 0 Å². The maximum Gasteiger partial charge on any atom is 0.0440 e. The van der Waals surface area contributed by atoms with Crippen LogP contribution in [0.2, 0.25) is 0 Å². The number of benzene rings is 12. The molecule has 1 aromatic heterocycles. The van der Waals surface area contributed by atoms with E-state index in [4.69, 9.17) is 0 Å². The SMILES string of the molecule is c1ccc2cc3c(cc2c1)sc1c2ccc(-c4ccc5cc(-c6c7ccccc7c(-c7cccc8ccccc78)c7ccccc67)ccc5c4)cc2c2ccccc2c31. The highest BCUT2D eigenvalue weighted by Crippen LogP contribution is 2.48. The quantitative estimate of drug-likeness (QED) is 0.124.